The molecular formula is C19H19FN2O2S. The molecule has 25 heavy (non-hydrogen) atoms. The van der Waals surface area contributed by atoms with Crippen molar-refractivity contribution in [1.82, 2.24) is 4.90 Å². The van der Waals surface area contributed by atoms with Gasteiger partial charge in [-0.1, -0.05) is 12.1 Å². The number of anilines is 1. The van der Waals surface area contributed by atoms with Crippen LogP contribution >= 0.6 is 11.8 Å². The molecule has 0 saturated carbocycles. The Balaban J connectivity index is 1.87. The van der Waals surface area contributed by atoms with Crippen molar-refractivity contribution in [2.45, 2.75) is 4.90 Å². The summed E-state index contributed by atoms with van der Waals surface area (Å²) in [4.78, 5) is 26.5. The van der Waals surface area contributed by atoms with Crippen LogP contribution in [0.4, 0.5) is 10.1 Å². The molecule has 0 heterocycles. The summed E-state index contributed by atoms with van der Waals surface area (Å²) in [5, 5.41) is 2.62. The highest BCUT2D eigenvalue weighted by molar-refractivity contribution is 7.98. The zero-order valence-electron chi connectivity index (χ0n) is 14.0. The molecule has 1 N–H and O–H groups in total. The number of nitrogens with zero attached hydrogens (tertiary/aromatic N) is 1. The molecule has 0 aliphatic rings. The van der Waals surface area contributed by atoms with E-state index in [4.69, 9.17) is 0 Å². The van der Waals surface area contributed by atoms with Gasteiger partial charge in [-0.15, -0.1) is 11.8 Å². The van der Waals surface area contributed by atoms with E-state index in [0.29, 0.717) is 5.69 Å². The molecule has 0 aliphatic heterocycles. The summed E-state index contributed by atoms with van der Waals surface area (Å²) >= 11 is 1.65. The fourth-order valence-electron chi connectivity index (χ4n) is 2.04. The molecule has 0 fully saturated rings. The molecule has 2 aromatic carbocycles. The number of hydrogen-bond acceptors (Lipinski definition) is 3. The number of rotatable bonds is 6. The van der Waals surface area contributed by atoms with Crippen LogP contribution in [0.15, 0.2) is 59.5 Å². The Bertz CT molecular complexity index is 758. The van der Waals surface area contributed by atoms with Crippen molar-refractivity contribution in [2.75, 3.05) is 25.2 Å². The Morgan fingerprint density at radius 3 is 2.36 bits per heavy atom. The molecule has 0 atom stereocenters. The van der Waals surface area contributed by atoms with Crippen molar-refractivity contribution in [1.29, 1.82) is 0 Å². The summed E-state index contributed by atoms with van der Waals surface area (Å²) in [6.07, 6.45) is 5.14. The lowest BCUT2D eigenvalue weighted by Crippen LogP contribution is -2.33. The smallest absolute Gasteiger partial charge is 0.246 e. The Hall–Kier alpha value is -2.60. The first-order valence-corrected chi connectivity index (χ1v) is 8.83. The molecule has 0 aliphatic carbocycles. The maximum atomic E-state index is 12.8. The lowest BCUT2D eigenvalue weighted by molar-refractivity contribution is -0.129. The fourth-order valence-corrected chi connectivity index (χ4v) is 2.45. The average Bonchev–Trinajstić information content (AvgIpc) is 2.62. The SMILES string of the molecule is CSc1ccc(/C=C/C(=O)N(C)CC(=O)Nc2ccc(F)cc2)cc1. The number of amides is 2. The van der Waals surface area contributed by atoms with Gasteiger partial charge in [0.15, 0.2) is 0 Å². The number of nitrogens with one attached hydrogen (secondary N) is 1. The van der Waals surface area contributed by atoms with Gasteiger partial charge in [-0.25, -0.2) is 4.39 Å². The lowest BCUT2D eigenvalue weighted by Gasteiger charge is -2.14. The summed E-state index contributed by atoms with van der Waals surface area (Å²) in [6, 6.07) is 13.3. The third-order valence-corrected chi connectivity index (χ3v) is 4.16. The number of thioether (sulfide) groups is 1. The van der Waals surface area contributed by atoms with Crippen LogP contribution < -0.4 is 5.32 Å². The first-order valence-electron chi connectivity index (χ1n) is 7.60. The Morgan fingerprint density at radius 2 is 1.76 bits per heavy atom. The van der Waals surface area contributed by atoms with Gasteiger partial charge >= 0.3 is 0 Å². The normalized spacial score (nSPS) is 10.7. The number of halogens is 1. The predicted octanol–water partition coefficient (Wildman–Crippen LogP) is 3.66. The van der Waals surface area contributed by atoms with Crippen molar-refractivity contribution in [3.63, 3.8) is 0 Å². The molecule has 4 nitrogen and oxygen atoms in total. The van der Waals surface area contributed by atoms with Gasteiger partial charge in [0.05, 0.1) is 6.54 Å². The van der Waals surface area contributed by atoms with Crippen LogP contribution in [-0.2, 0) is 9.59 Å². The fraction of sp³-hybridized carbons (Fsp3) is 0.158. The van der Waals surface area contributed by atoms with E-state index in [2.05, 4.69) is 5.32 Å². The highest BCUT2D eigenvalue weighted by Crippen LogP contribution is 2.15. The second kappa shape index (κ2) is 9.03. The van der Waals surface area contributed by atoms with Crippen LogP contribution in [0.25, 0.3) is 6.08 Å². The van der Waals surface area contributed by atoms with E-state index in [-0.39, 0.29) is 24.2 Å². The molecule has 2 amide bonds. The minimum atomic E-state index is -0.374. The summed E-state index contributed by atoms with van der Waals surface area (Å²) in [5.74, 6) is -0.996. The van der Waals surface area contributed by atoms with Crippen molar-refractivity contribution >= 4 is 35.3 Å². The van der Waals surface area contributed by atoms with Gasteiger partial charge in [0.1, 0.15) is 5.82 Å². The molecule has 0 aromatic heterocycles. The van der Waals surface area contributed by atoms with Crippen molar-refractivity contribution < 1.29 is 14.0 Å². The molecular weight excluding hydrogens is 339 g/mol. The number of hydrogen-bond donors (Lipinski definition) is 1. The molecule has 6 heteroatoms. The van der Waals surface area contributed by atoms with Gasteiger partial charge < -0.3 is 10.2 Å². The molecule has 0 spiro atoms. The maximum Gasteiger partial charge on any atom is 0.246 e. The molecule has 0 saturated heterocycles. The molecule has 2 aromatic rings. The highest BCUT2D eigenvalue weighted by Gasteiger charge is 2.10. The maximum absolute atomic E-state index is 12.8. The number of carbonyl (C=O) groups excluding carboxylic acids is 2. The van der Waals surface area contributed by atoms with Gasteiger partial charge in [0.2, 0.25) is 11.8 Å². The second-order valence-corrected chi connectivity index (χ2v) is 6.24. The van der Waals surface area contributed by atoms with Crippen LogP contribution in [0, 0.1) is 5.82 Å². The molecule has 0 radical (unpaired) electrons. The zero-order valence-corrected chi connectivity index (χ0v) is 14.8. The zero-order chi connectivity index (χ0) is 18.2. The minimum Gasteiger partial charge on any atom is -0.333 e. The number of likely N-dealkylation sites (N-methyl/N-ethyl adjacent to an activating group) is 1. The van der Waals surface area contributed by atoms with E-state index in [1.54, 1.807) is 24.9 Å². The topological polar surface area (TPSA) is 49.4 Å². The van der Waals surface area contributed by atoms with Crippen LogP contribution in [0.1, 0.15) is 5.56 Å². The van der Waals surface area contributed by atoms with Gasteiger partial charge in [0, 0.05) is 23.7 Å². The third kappa shape index (κ3) is 6.08. The Labute approximate surface area is 150 Å². The van der Waals surface area contributed by atoms with Gasteiger partial charge in [-0.3, -0.25) is 9.59 Å². The van der Waals surface area contributed by atoms with Gasteiger partial charge in [-0.2, -0.15) is 0 Å². The Kier molecular flexibility index (Phi) is 6.77. The summed E-state index contributed by atoms with van der Waals surface area (Å²) in [7, 11) is 1.55. The van der Waals surface area contributed by atoms with E-state index in [0.717, 1.165) is 10.5 Å². The minimum absolute atomic E-state index is 0.0913. The second-order valence-electron chi connectivity index (χ2n) is 5.36. The van der Waals surface area contributed by atoms with Crippen molar-refractivity contribution in [3.8, 4) is 0 Å². The van der Waals surface area contributed by atoms with Gasteiger partial charge in [0.25, 0.3) is 0 Å². The monoisotopic (exact) mass is 358 g/mol. The summed E-state index contributed by atoms with van der Waals surface area (Å²) in [5.41, 5.74) is 1.40. The highest BCUT2D eigenvalue weighted by atomic mass is 32.2. The van der Waals surface area contributed by atoms with Crippen LogP contribution in [0.2, 0.25) is 0 Å². The van der Waals surface area contributed by atoms with E-state index >= 15 is 0 Å². The van der Waals surface area contributed by atoms with E-state index < -0.39 is 0 Å². The largest absolute Gasteiger partial charge is 0.333 e. The van der Waals surface area contributed by atoms with Gasteiger partial charge in [-0.05, 0) is 54.3 Å². The molecule has 130 valence electrons. The molecule has 0 bridgehead atoms. The predicted molar refractivity (Wildman–Crippen MR) is 99.9 cm³/mol. The van der Waals surface area contributed by atoms with Crippen molar-refractivity contribution in [3.05, 3.63) is 66.0 Å². The molecule has 2 rings (SSSR count). The van der Waals surface area contributed by atoms with Crippen LogP contribution in [-0.4, -0.2) is 36.6 Å². The van der Waals surface area contributed by atoms with Crippen LogP contribution in [0.3, 0.4) is 0 Å². The standard InChI is InChI=1S/C19H19FN2O2S/c1-22(13-18(23)21-16-8-6-15(20)7-9-16)19(24)12-5-14-3-10-17(25-2)11-4-14/h3-12H,13H2,1-2H3,(H,21,23)/b12-5+. The number of carbonyl (C=O) groups is 2. The number of benzene rings is 2. The lowest BCUT2D eigenvalue weighted by atomic mass is 10.2. The summed E-state index contributed by atoms with van der Waals surface area (Å²) < 4.78 is 12.8. The van der Waals surface area contributed by atoms with Crippen molar-refractivity contribution in [2.24, 2.45) is 0 Å². The summed E-state index contributed by atoms with van der Waals surface area (Å²) in [6.45, 7) is -0.0913. The average molecular weight is 358 g/mol. The quantitative estimate of drug-likeness (QED) is 0.633. The Morgan fingerprint density at radius 1 is 1.12 bits per heavy atom. The third-order valence-electron chi connectivity index (χ3n) is 3.42. The van der Waals surface area contributed by atoms with Crippen LogP contribution in [0.5, 0.6) is 0 Å². The van der Waals surface area contributed by atoms with E-state index in [9.17, 15) is 14.0 Å². The first-order chi connectivity index (χ1) is 12.0. The first kappa shape index (κ1) is 18.7. The molecule has 0 unspecified atom stereocenters. The van der Waals surface area contributed by atoms with E-state index in [1.165, 1.54) is 35.2 Å². The van der Waals surface area contributed by atoms with E-state index in [1.807, 2.05) is 30.5 Å².